The molecule has 1 heterocycles. The number of aromatic nitrogens is 2. The molecule has 0 unspecified atom stereocenters. The molecule has 0 aliphatic heterocycles. The SMILES string of the molecule is CCN(CC)CCNc1ccnc(Nc2ccc(OCc3cccc(F)c3)c(Cl)c2)n1. The van der Waals surface area contributed by atoms with Gasteiger partial charge < -0.3 is 20.3 Å². The van der Waals surface area contributed by atoms with Gasteiger partial charge in [0.1, 0.15) is 24.0 Å². The lowest BCUT2D eigenvalue weighted by Gasteiger charge is -2.18. The third-order valence-electron chi connectivity index (χ3n) is 4.76. The van der Waals surface area contributed by atoms with E-state index in [4.69, 9.17) is 16.3 Å². The summed E-state index contributed by atoms with van der Waals surface area (Å²) < 4.78 is 19.0. The maximum atomic E-state index is 13.3. The van der Waals surface area contributed by atoms with Crippen LogP contribution >= 0.6 is 11.6 Å². The molecule has 164 valence electrons. The first-order valence-electron chi connectivity index (χ1n) is 10.3. The van der Waals surface area contributed by atoms with E-state index in [9.17, 15) is 4.39 Å². The van der Waals surface area contributed by atoms with E-state index in [1.807, 2.05) is 12.1 Å². The summed E-state index contributed by atoms with van der Waals surface area (Å²) in [6, 6.07) is 13.4. The van der Waals surface area contributed by atoms with Crippen molar-refractivity contribution < 1.29 is 9.13 Å². The van der Waals surface area contributed by atoms with Gasteiger partial charge in [-0.15, -0.1) is 0 Å². The number of ether oxygens (including phenoxy) is 1. The first-order valence-corrected chi connectivity index (χ1v) is 10.7. The van der Waals surface area contributed by atoms with Crippen molar-refractivity contribution in [1.29, 1.82) is 0 Å². The predicted octanol–water partition coefficient (Wildman–Crippen LogP) is 5.35. The largest absolute Gasteiger partial charge is 0.487 e. The van der Waals surface area contributed by atoms with E-state index < -0.39 is 0 Å². The van der Waals surface area contributed by atoms with Gasteiger partial charge in [0.05, 0.1) is 5.02 Å². The third-order valence-corrected chi connectivity index (χ3v) is 5.05. The fourth-order valence-corrected chi connectivity index (χ4v) is 3.25. The molecular weight excluding hydrogens is 417 g/mol. The van der Waals surface area contributed by atoms with Crippen LogP contribution in [0.1, 0.15) is 19.4 Å². The van der Waals surface area contributed by atoms with Crippen LogP contribution in [0.15, 0.2) is 54.7 Å². The summed E-state index contributed by atoms with van der Waals surface area (Å²) in [6.45, 7) is 8.34. The number of anilines is 3. The maximum Gasteiger partial charge on any atom is 0.229 e. The van der Waals surface area contributed by atoms with Crippen molar-refractivity contribution in [3.8, 4) is 5.75 Å². The van der Waals surface area contributed by atoms with Crippen molar-refractivity contribution in [3.63, 3.8) is 0 Å². The molecule has 31 heavy (non-hydrogen) atoms. The van der Waals surface area contributed by atoms with Gasteiger partial charge in [0.2, 0.25) is 5.95 Å². The minimum atomic E-state index is -0.295. The molecule has 1 aromatic heterocycles. The predicted molar refractivity (Wildman–Crippen MR) is 124 cm³/mol. The van der Waals surface area contributed by atoms with Crippen LogP contribution in [0, 0.1) is 5.82 Å². The molecule has 6 nitrogen and oxygen atoms in total. The molecule has 3 aromatic rings. The molecule has 0 radical (unpaired) electrons. The van der Waals surface area contributed by atoms with Gasteiger partial charge in [0.15, 0.2) is 0 Å². The van der Waals surface area contributed by atoms with Crippen LogP contribution in [-0.2, 0) is 6.61 Å². The average Bonchev–Trinajstić information content (AvgIpc) is 2.76. The van der Waals surface area contributed by atoms with Crippen molar-refractivity contribution in [1.82, 2.24) is 14.9 Å². The second-order valence-corrected chi connectivity index (χ2v) is 7.32. The van der Waals surface area contributed by atoms with E-state index in [-0.39, 0.29) is 12.4 Å². The van der Waals surface area contributed by atoms with Gasteiger partial charge in [0.25, 0.3) is 0 Å². The highest BCUT2D eigenvalue weighted by Gasteiger charge is 2.07. The number of hydrogen-bond acceptors (Lipinski definition) is 6. The summed E-state index contributed by atoms with van der Waals surface area (Å²) in [7, 11) is 0. The van der Waals surface area contributed by atoms with Crippen LogP contribution in [0.5, 0.6) is 5.75 Å². The molecule has 0 saturated carbocycles. The van der Waals surface area contributed by atoms with Crippen LogP contribution < -0.4 is 15.4 Å². The minimum absolute atomic E-state index is 0.231. The van der Waals surface area contributed by atoms with Crippen molar-refractivity contribution >= 4 is 29.1 Å². The van der Waals surface area contributed by atoms with E-state index in [1.54, 1.807) is 30.5 Å². The third kappa shape index (κ3) is 7.08. The first kappa shape index (κ1) is 22.8. The molecule has 0 aliphatic rings. The Labute approximate surface area is 187 Å². The van der Waals surface area contributed by atoms with Crippen molar-refractivity contribution in [2.24, 2.45) is 0 Å². The zero-order valence-electron chi connectivity index (χ0n) is 17.7. The molecule has 0 amide bonds. The molecule has 0 saturated heterocycles. The minimum Gasteiger partial charge on any atom is -0.487 e. The molecule has 8 heteroatoms. The Bertz CT molecular complexity index is 984. The summed E-state index contributed by atoms with van der Waals surface area (Å²) in [6.07, 6.45) is 1.70. The first-order chi connectivity index (χ1) is 15.1. The number of nitrogens with one attached hydrogen (secondary N) is 2. The zero-order valence-corrected chi connectivity index (χ0v) is 18.5. The molecule has 3 rings (SSSR count). The molecule has 0 bridgehead atoms. The van der Waals surface area contributed by atoms with Gasteiger partial charge in [0, 0.05) is 25.0 Å². The number of benzene rings is 2. The zero-order chi connectivity index (χ0) is 22.1. The summed E-state index contributed by atoms with van der Waals surface area (Å²) >= 11 is 6.35. The Morgan fingerprint density at radius 1 is 1.10 bits per heavy atom. The Hall–Kier alpha value is -2.90. The normalized spacial score (nSPS) is 10.9. The number of hydrogen-bond donors (Lipinski definition) is 2. The lowest BCUT2D eigenvalue weighted by Crippen LogP contribution is -2.28. The fraction of sp³-hybridized carbons (Fsp3) is 0.304. The van der Waals surface area contributed by atoms with Crippen molar-refractivity contribution in [2.75, 3.05) is 36.8 Å². The smallest absolute Gasteiger partial charge is 0.229 e. The van der Waals surface area contributed by atoms with Gasteiger partial charge in [-0.3, -0.25) is 0 Å². The Morgan fingerprint density at radius 2 is 1.94 bits per heavy atom. The van der Waals surface area contributed by atoms with Gasteiger partial charge in [-0.1, -0.05) is 37.6 Å². The van der Waals surface area contributed by atoms with Crippen LogP contribution in [0.25, 0.3) is 0 Å². The fourth-order valence-electron chi connectivity index (χ4n) is 3.01. The summed E-state index contributed by atoms with van der Waals surface area (Å²) in [4.78, 5) is 11.1. The monoisotopic (exact) mass is 443 g/mol. The standard InChI is InChI=1S/C23H27ClFN5O/c1-3-30(4-2)13-12-26-22-10-11-27-23(29-22)28-19-8-9-21(20(24)15-19)31-16-17-6-5-7-18(25)14-17/h5-11,14-15H,3-4,12-13,16H2,1-2H3,(H2,26,27,28,29). The van der Waals surface area contributed by atoms with E-state index >= 15 is 0 Å². The van der Waals surface area contributed by atoms with Crippen LogP contribution in [0.2, 0.25) is 5.02 Å². The molecule has 2 aromatic carbocycles. The van der Waals surface area contributed by atoms with Crippen molar-refractivity contribution in [3.05, 3.63) is 71.1 Å². The highest BCUT2D eigenvalue weighted by Crippen LogP contribution is 2.29. The quantitative estimate of drug-likeness (QED) is 0.416. The number of halogens is 2. The maximum absolute atomic E-state index is 13.3. The Morgan fingerprint density at radius 3 is 2.68 bits per heavy atom. The number of nitrogens with zero attached hydrogens (tertiary/aromatic N) is 3. The molecule has 0 aliphatic carbocycles. The number of likely N-dealkylation sites (N-methyl/N-ethyl adjacent to an activating group) is 1. The van der Waals surface area contributed by atoms with E-state index in [0.717, 1.165) is 43.2 Å². The lowest BCUT2D eigenvalue weighted by molar-refractivity contribution is 0.306. The summed E-state index contributed by atoms with van der Waals surface area (Å²) in [5.41, 5.74) is 1.47. The molecule has 2 N–H and O–H groups in total. The molecule has 0 atom stereocenters. The average molecular weight is 444 g/mol. The molecule has 0 fully saturated rings. The highest BCUT2D eigenvalue weighted by molar-refractivity contribution is 6.32. The topological polar surface area (TPSA) is 62.3 Å². The van der Waals surface area contributed by atoms with Crippen LogP contribution in [0.3, 0.4) is 0 Å². The van der Waals surface area contributed by atoms with Gasteiger partial charge in [-0.2, -0.15) is 4.98 Å². The van der Waals surface area contributed by atoms with Crippen LogP contribution in [0.4, 0.5) is 21.8 Å². The Kier molecular flexibility index (Phi) is 8.44. The summed E-state index contributed by atoms with van der Waals surface area (Å²) in [5.74, 6) is 1.45. The van der Waals surface area contributed by atoms with Gasteiger partial charge >= 0.3 is 0 Å². The highest BCUT2D eigenvalue weighted by atomic mass is 35.5. The summed E-state index contributed by atoms with van der Waals surface area (Å²) in [5, 5.41) is 6.91. The van der Waals surface area contributed by atoms with Crippen LogP contribution in [-0.4, -0.2) is 41.0 Å². The van der Waals surface area contributed by atoms with E-state index in [0.29, 0.717) is 16.7 Å². The second kappa shape index (κ2) is 11.5. The number of rotatable bonds is 11. The van der Waals surface area contributed by atoms with E-state index in [1.165, 1.54) is 12.1 Å². The molecular formula is C23H27ClFN5O. The van der Waals surface area contributed by atoms with Crippen molar-refractivity contribution in [2.45, 2.75) is 20.5 Å². The second-order valence-electron chi connectivity index (χ2n) is 6.91. The lowest BCUT2D eigenvalue weighted by atomic mass is 10.2. The van der Waals surface area contributed by atoms with Gasteiger partial charge in [-0.25, -0.2) is 9.37 Å². The van der Waals surface area contributed by atoms with E-state index in [2.05, 4.69) is 39.3 Å². The molecule has 0 spiro atoms. The van der Waals surface area contributed by atoms with Gasteiger partial charge in [-0.05, 0) is 55.1 Å². The Balaban J connectivity index is 1.57.